The van der Waals surface area contributed by atoms with Crippen molar-refractivity contribution in [2.45, 2.75) is 25.7 Å². The van der Waals surface area contributed by atoms with Crippen molar-refractivity contribution in [2.24, 2.45) is 5.41 Å². The number of carbonyl (C=O) groups is 2. The lowest BCUT2D eigenvalue weighted by molar-refractivity contribution is -0.133. The average Bonchev–Trinajstić information content (AvgIpc) is 3.48. The van der Waals surface area contributed by atoms with Gasteiger partial charge in [-0.1, -0.05) is 24.3 Å². The highest BCUT2D eigenvalue weighted by molar-refractivity contribution is 6.11. The van der Waals surface area contributed by atoms with Gasteiger partial charge in [-0.05, 0) is 60.4 Å². The van der Waals surface area contributed by atoms with Crippen molar-refractivity contribution >= 4 is 34.0 Å². The molecule has 0 radical (unpaired) electrons. The van der Waals surface area contributed by atoms with Crippen molar-refractivity contribution in [1.29, 1.82) is 0 Å². The van der Waals surface area contributed by atoms with Crippen LogP contribution in [0.5, 0.6) is 0 Å². The highest BCUT2D eigenvalue weighted by Gasteiger charge is 2.54. The van der Waals surface area contributed by atoms with Crippen molar-refractivity contribution < 1.29 is 14.0 Å². The minimum atomic E-state index is -0.873. The first kappa shape index (κ1) is 20.1. The van der Waals surface area contributed by atoms with E-state index in [4.69, 9.17) is 0 Å². The maximum atomic E-state index is 13.1. The topological polar surface area (TPSA) is 74.8 Å². The molecule has 5 nitrogen and oxygen atoms in total. The van der Waals surface area contributed by atoms with Crippen molar-refractivity contribution in [3.8, 4) is 0 Å². The number of pyridine rings is 1. The van der Waals surface area contributed by atoms with Crippen LogP contribution in [0.4, 0.5) is 15.8 Å². The van der Waals surface area contributed by atoms with E-state index in [-0.39, 0.29) is 30.2 Å². The van der Waals surface area contributed by atoms with Crippen LogP contribution in [-0.4, -0.2) is 21.5 Å². The molecule has 0 saturated heterocycles. The van der Waals surface area contributed by atoms with Gasteiger partial charge in [0.2, 0.25) is 0 Å². The Balaban J connectivity index is 1.24. The van der Waals surface area contributed by atoms with Crippen LogP contribution in [0.1, 0.15) is 24.0 Å². The molecule has 1 saturated carbocycles. The molecule has 160 valence electrons. The first-order valence-corrected chi connectivity index (χ1v) is 10.6. The number of anilines is 2. The summed E-state index contributed by atoms with van der Waals surface area (Å²) in [5.74, 6) is -0.438. The van der Waals surface area contributed by atoms with Crippen molar-refractivity contribution in [3.63, 3.8) is 0 Å². The number of nitrogens with one attached hydrogen (secondary N) is 2. The van der Waals surface area contributed by atoms with Gasteiger partial charge in [0.25, 0.3) is 0 Å². The number of aromatic amines is 1. The predicted octanol–water partition coefficient (Wildman–Crippen LogP) is 5.15. The molecule has 1 aliphatic rings. The van der Waals surface area contributed by atoms with E-state index in [9.17, 15) is 14.0 Å². The van der Waals surface area contributed by atoms with E-state index in [2.05, 4.69) is 15.3 Å². The number of H-pyrrole nitrogens is 1. The van der Waals surface area contributed by atoms with Gasteiger partial charge >= 0.3 is 0 Å². The number of aromatic nitrogens is 2. The van der Waals surface area contributed by atoms with Crippen LogP contribution in [0.25, 0.3) is 11.0 Å². The first-order valence-electron chi connectivity index (χ1n) is 10.6. The van der Waals surface area contributed by atoms with Gasteiger partial charge in [0.05, 0.1) is 11.1 Å². The lowest BCUT2D eigenvalue weighted by atomic mass is 9.88. The minimum Gasteiger partial charge on any atom is -0.355 e. The van der Waals surface area contributed by atoms with Gasteiger partial charge in [-0.25, -0.2) is 9.37 Å². The van der Waals surface area contributed by atoms with Crippen LogP contribution in [0.3, 0.4) is 0 Å². The third kappa shape index (κ3) is 3.91. The smallest absolute Gasteiger partial charge is 0.150 e. The van der Waals surface area contributed by atoms with E-state index in [1.54, 1.807) is 18.3 Å². The summed E-state index contributed by atoms with van der Waals surface area (Å²) in [5, 5.41) is 4.38. The molecule has 0 amide bonds. The highest BCUT2D eigenvalue weighted by atomic mass is 19.1. The Labute approximate surface area is 184 Å². The standard InChI is InChI=1S/C26H22FN3O2/c27-19-5-1-17(2-6-19)15-23(31)26(11-12-26)24(32)16-18-3-7-20(8-4-18)30-22-10-14-29-25-21(22)9-13-28-25/h1-10,13-14H,11-12,15-16H2,(H2,28,29,30). The highest BCUT2D eigenvalue weighted by Crippen LogP contribution is 2.48. The molecule has 2 N–H and O–H groups in total. The molecule has 32 heavy (non-hydrogen) atoms. The van der Waals surface area contributed by atoms with E-state index in [0.717, 1.165) is 33.5 Å². The maximum absolute atomic E-state index is 13.1. The summed E-state index contributed by atoms with van der Waals surface area (Å²) in [5.41, 5.74) is 3.41. The summed E-state index contributed by atoms with van der Waals surface area (Å²) in [6.45, 7) is 0. The van der Waals surface area contributed by atoms with Gasteiger partial charge < -0.3 is 10.3 Å². The zero-order valence-corrected chi connectivity index (χ0v) is 17.4. The number of fused-ring (bicyclic) bond motifs is 1. The molecule has 6 heteroatoms. The summed E-state index contributed by atoms with van der Waals surface area (Å²) in [6.07, 6.45) is 5.18. The molecule has 1 aliphatic carbocycles. The Morgan fingerprint density at radius 1 is 0.906 bits per heavy atom. The summed E-state index contributed by atoms with van der Waals surface area (Å²) < 4.78 is 13.1. The monoisotopic (exact) mass is 427 g/mol. The zero-order chi connectivity index (χ0) is 22.1. The predicted molar refractivity (Wildman–Crippen MR) is 121 cm³/mol. The van der Waals surface area contributed by atoms with Gasteiger partial charge in [0.1, 0.15) is 11.5 Å². The van der Waals surface area contributed by atoms with Crippen molar-refractivity contribution in [2.75, 3.05) is 5.32 Å². The first-order chi connectivity index (χ1) is 15.5. The molecule has 5 rings (SSSR count). The van der Waals surface area contributed by atoms with E-state index in [1.807, 2.05) is 42.6 Å². The van der Waals surface area contributed by atoms with Crippen LogP contribution >= 0.6 is 0 Å². The number of halogens is 1. The maximum Gasteiger partial charge on any atom is 0.150 e. The molecule has 2 aromatic heterocycles. The number of nitrogens with zero attached hydrogens (tertiary/aromatic N) is 1. The Hall–Kier alpha value is -3.80. The zero-order valence-electron chi connectivity index (χ0n) is 17.4. The molecule has 0 atom stereocenters. The molecule has 4 aromatic rings. The third-order valence-corrected chi connectivity index (χ3v) is 6.15. The summed E-state index contributed by atoms with van der Waals surface area (Å²) >= 11 is 0. The Morgan fingerprint density at radius 3 is 2.16 bits per heavy atom. The molecule has 0 bridgehead atoms. The Bertz CT molecular complexity index is 1290. The number of rotatable bonds is 8. The molecular formula is C26H22FN3O2. The second-order valence-electron chi connectivity index (χ2n) is 8.33. The minimum absolute atomic E-state index is 0.0338. The van der Waals surface area contributed by atoms with Gasteiger partial charge in [0, 0.05) is 36.3 Å². The van der Waals surface area contributed by atoms with E-state index in [0.29, 0.717) is 12.8 Å². The van der Waals surface area contributed by atoms with Crippen LogP contribution in [0, 0.1) is 11.2 Å². The number of ketones is 2. The van der Waals surface area contributed by atoms with Gasteiger partial charge in [-0.3, -0.25) is 9.59 Å². The fourth-order valence-corrected chi connectivity index (χ4v) is 4.08. The van der Waals surface area contributed by atoms with Crippen LogP contribution in [0.2, 0.25) is 0 Å². The van der Waals surface area contributed by atoms with Gasteiger partial charge in [0.15, 0.2) is 11.6 Å². The second-order valence-corrected chi connectivity index (χ2v) is 8.33. The van der Waals surface area contributed by atoms with Crippen LogP contribution < -0.4 is 5.32 Å². The molecule has 2 aromatic carbocycles. The number of hydrogen-bond acceptors (Lipinski definition) is 4. The fraction of sp³-hybridized carbons (Fsp3) is 0.192. The molecular weight excluding hydrogens is 405 g/mol. The lowest BCUT2D eigenvalue weighted by Gasteiger charge is -2.14. The van der Waals surface area contributed by atoms with Crippen molar-refractivity contribution in [1.82, 2.24) is 9.97 Å². The fourth-order valence-electron chi connectivity index (χ4n) is 4.08. The molecule has 0 unspecified atom stereocenters. The van der Waals surface area contributed by atoms with Crippen LogP contribution in [0.15, 0.2) is 73.1 Å². The Morgan fingerprint density at radius 2 is 1.53 bits per heavy atom. The quantitative estimate of drug-likeness (QED) is 0.382. The number of hydrogen-bond donors (Lipinski definition) is 2. The number of carbonyl (C=O) groups excluding carboxylic acids is 2. The summed E-state index contributed by atoms with van der Waals surface area (Å²) in [4.78, 5) is 33.2. The molecule has 2 heterocycles. The average molecular weight is 427 g/mol. The van der Waals surface area contributed by atoms with Gasteiger partial charge in [-0.2, -0.15) is 0 Å². The molecule has 0 aliphatic heterocycles. The largest absolute Gasteiger partial charge is 0.355 e. The van der Waals surface area contributed by atoms with E-state index < -0.39 is 5.41 Å². The van der Waals surface area contributed by atoms with Gasteiger partial charge in [-0.15, -0.1) is 0 Å². The van der Waals surface area contributed by atoms with E-state index in [1.165, 1.54) is 12.1 Å². The number of Topliss-reactive ketones (excluding diaryl/α,β-unsaturated/α-hetero) is 2. The van der Waals surface area contributed by atoms with E-state index >= 15 is 0 Å². The second kappa shape index (κ2) is 8.04. The summed E-state index contributed by atoms with van der Waals surface area (Å²) in [7, 11) is 0. The lowest BCUT2D eigenvalue weighted by Crippen LogP contribution is -2.28. The summed E-state index contributed by atoms with van der Waals surface area (Å²) in [6, 6.07) is 17.5. The SMILES string of the molecule is O=C(Cc1ccc(F)cc1)C1(C(=O)Cc2ccc(Nc3ccnc4[nH]ccc34)cc2)CC1. The third-order valence-electron chi connectivity index (χ3n) is 6.15. The molecule has 0 spiro atoms. The normalized spacial score (nSPS) is 14.3. The molecule has 1 fully saturated rings. The Kier molecular flexibility index (Phi) is 5.05. The van der Waals surface area contributed by atoms with Crippen molar-refractivity contribution in [3.05, 3.63) is 90.0 Å². The number of benzene rings is 2. The van der Waals surface area contributed by atoms with Crippen LogP contribution in [-0.2, 0) is 22.4 Å².